The van der Waals surface area contributed by atoms with Crippen molar-refractivity contribution < 1.29 is 28.7 Å². The van der Waals surface area contributed by atoms with Gasteiger partial charge in [-0.05, 0) is 69.7 Å². The number of imidazole rings is 1. The lowest BCUT2D eigenvalue weighted by Crippen LogP contribution is -2.36. The van der Waals surface area contributed by atoms with E-state index >= 15 is 0 Å². The molecule has 0 spiro atoms. The van der Waals surface area contributed by atoms with Crippen LogP contribution in [0.2, 0.25) is 0 Å². The molecule has 2 aromatic carbocycles. The average molecular weight is 505 g/mol. The van der Waals surface area contributed by atoms with Crippen LogP contribution in [0.1, 0.15) is 51.3 Å². The molecule has 1 saturated heterocycles. The Morgan fingerprint density at radius 3 is 2.11 bits per heavy atom. The summed E-state index contributed by atoms with van der Waals surface area (Å²) in [7, 11) is 0. The van der Waals surface area contributed by atoms with Gasteiger partial charge in [0.25, 0.3) is 11.7 Å². The van der Waals surface area contributed by atoms with Gasteiger partial charge in [0.05, 0.1) is 30.4 Å². The summed E-state index contributed by atoms with van der Waals surface area (Å²) < 4.78 is 13.4. The van der Waals surface area contributed by atoms with E-state index in [0.717, 1.165) is 5.56 Å². The second kappa shape index (κ2) is 11.3. The molecule has 8 nitrogen and oxygen atoms in total. The number of carbonyl (C=O) groups excluding carboxylic acids is 2. The topological polar surface area (TPSA) is 95.7 Å². The maximum atomic E-state index is 13.3. The molecule has 37 heavy (non-hydrogen) atoms. The van der Waals surface area contributed by atoms with Crippen molar-refractivity contribution in [3.63, 3.8) is 0 Å². The molecule has 1 aliphatic heterocycles. The second-order valence-corrected chi connectivity index (χ2v) is 9.62. The van der Waals surface area contributed by atoms with E-state index in [1.807, 2.05) is 75.2 Å². The Kier molecular flexibility index (Phi) is 7.96. The number of benzene rings is 2. The summed E-state index contributed by atoms with van der Waals surface area (Å²) in [4.78, 5) is 31.0. The molecule has 0 radical (unpaired) electrons. The summed E-state index contributed by atoms with van der Waals surface area (Å²) >= 11 is 0. The van der Waals surface area contributed by atoms with Gasteiger partial charge in [-0.1, -0.05) is 12.1 Å². The standard InChI is InChI=1S/C29H33N3O5/c1-19(2)36-23-10-6-21(7-11-23)26-25(27(33)22-8-12-24(13-9-22)37-20(3)4)28(34)29(35)32(26)16-5-15-31-17-14-30-18-31/h6-14,17-20,26H,5,15-16H2,1-4H3,(H,33,34)/p+1. The zero-order valence-corrected chi connectivity index (χ0v) is 21.7. The summed E-state index contributed by atoms with van der Waals surface area (Å²) in [5.41, 5.74) is 1.25. The number of rotatable bonds is 10. The fraction of sp³-hybridized carbons (Fsp3) is 0.345. The van der Waals surface area contributed by atoms with Crippen LogP contribution in [0, 0.1) is 0 Å². The minimum absolute atomic E-state index is 0.0110. The van der Waals surface area contributed by atoms with E-state index in [1.54, 1.807) is 29.2 Å². The maximum absolute atomic E-state index is 13.3. The van der Waals surface area contributed by atoms with Gasteiger partial charge in [0.15, 0.2) is 0 Å². The third-order valence-corrected chi connectivity index (χ3v) is 6.03. The number of nitrogens with zero attached hydrogens (tertiary/aromatic N) is 2. The number of aromatic nitrogens is 2. The van der Waals surface area contributed by atoms with E-state index in [4.69, 9.17) is 9.47 Å². The van der Waals surface area contributed by atoms with Crippen molar-refractivity contribution in [2.45, 2.75) is 58.9 Å². The lowest BCUT2D eigenvalue weighted by atomic mass is 9.95. The van der Waals surface area contributed by atoms with E-state index in [-0.39, 0.29) is 23.5 Å². The first kappa shape index (κ1) is 26.0. The Morgan fingerprint density at radius 2 is 1.57 bits per heavy atom. The fourth-order valence-corrected chi connectivity index (χ4v) is 4.46. The molecule has 1 atom stereocenters. The number of hydrogen-bond donors (Lipinski definition) is 2. The Bertz CT molecular complexity index is 1250. The molecule has 3 aromatic rings. The highest BCUT2D eigenvalue weighted by Gasteiger charge is 2.45. The van der Waals surface area contributed by atoms with Crippen LogP contribution in [0.4, 0.5) is 0 Å². The van der Waals surface area contributed by atoms with E-state index in [1.165, 1.54) is 0 Å². The van der Waals surface area contributed by atoms with E-state index in [2.05, 4.69) is 4.98 Å². The quantitative estimate of drug-likeness (QED) is 0.185. The van der Waals surface area contributed by atoms with Crippen LogP contribution in [0.3, 0.4) is 0 Å². The molecule has 8 heteroatoms. The molecule has 1 aliphatic rings. The molecule has 1 unspecified atom stereocenters. The van der Waals surface area contributed by atoms with Crippen molar-refractivity contribution in [3.05, 3.63) is 84.0 Å². The normalized spacial score (nSPS) is 17.1. The monoisotopic (exact) mass is 504 g/mol. The van der Waals surface area contributed by atoms with Gasteiger partial charge in [-0.25, -0.2) is 4.57 Å². The Labute approximate surface area is 217 Å². The summed E-state index contributed by atoms with van der Waals surface area (Å²) in [6, 6.07) is 13.5. The van der Waals surface area contributed by atoms with Crippen LogP contribution in [0.15, 0.2) is 72.8 Å². The van der Waals surface area contributed by atoms with Gasteiger partial charge in [-0.3, -0.25) is 14.6 Å². The third-order valence-electron chi connectivity index (χ3n) is 6.03. The lowest BCUT2D eigenvalue weighted by molar-refractivity contribution is -0.695. The summed E-state index contributed by atoms with van der Waals surface area (Å²) in [6.45, 7) is 8.79. The number of likely N-dealkylation sites (tertiary alicyclic amines) is 1. The van der Waals surface area contributed by atoms with Crippen LogP contribution in [0.25, 0.3) is 5.76 Å². The number of amides is 1. The maximum Gasteiger partial charge on any atom is 0.295 e. The number of nitrogens with one attached hydrogen (secondary N) is 1. The Balaban J connectivity index is 1.69. The van der Waals surface area contributed by atoms with Crippen molar-refractivity contribution in [1.29, 1.82) is 0 Å². The first-order valence-electron chi connectivity index (χ1n) is 12.6. The molecule has 194 valence electrons. The number of aromatic amines is 1. The SMILES string of the molecule is CC(C)Oc1ccc(C(O)=C2C(=O)C(=O)N(CCC[n+]3cc[nH]c3)C2c2ccc(OC(C)C)cc2)cc1. The van der Waals surface area contributed by atoms with Gasteiger partial charge in [0, 0.05) is 18.5 Å². The van der Waals surface area contributed by atoms with Crippen molar-refractivity contribution in [2.24, 2.45) is 0 Å². The number of aryl methyl sites for hydroxylation is 1. The Hall–Kier alpha value is -4.07. The highest BCUT2D eigenvalue weighted by atomic mass is 16.5. The highest BCUT2D eigenvalue weighted by molar-refractivity contribution is 6.46. The number of ether oxygens (including phenoxy) is 2. The number of hydrogen-bond acceptors (Lipinski definition) is 5. The molecule has 4 rings (SSSR count). The minimum atomic E-state index is -0.712. The largest absolute Gasteiger partial charge is 0.507 e. The number of H-pyrrole nitrogens is 1. The van der Waals surface area contributed by atoms with Crippen LogP contribution >= 0.6 is 0 Å². The molecule has 1 fully saturated rings. The molecule has 0 aliphatic carbocycles. The van der Waals surface area contributed by atoms with Gasteiger partial charge >= 0.3 is 0 Å². The number of aliphatic hydroxyl groups is 1. The lowest BCUT2D eigenvalue weighted by Gasteiger charge is -2.25. The van der Waals surface area contributed by atoms with Crippen LogP contribution in [-0.2, 0) is 16.1 Å². The summed E-state index contributed by atoms with van der Waals surface area (Å²) in [6.07, 6.45) is 6.24. The molecule has 0 saturated carbocycles. The van der Waals surface area contributed by atoms with Crippen LogP contribution in [-0.4, -0.2) is 45.4 Å². The number of Topliss-reactive ketones (excluding diaryl/α,β-unsaturated/α-hetero) is 1. The van der Waals surface area contributed by atoms with Gasteiger partial charge in [-0.2, -0.15) is 0 Å². The molecule has 1 amide bonds. The van der Waals surface area contributed by atoms with Crippen LogP contribution in [0.5, 0.6) is 11.5 Å². The van der Waals surface area contributed by atoms with Gasteiger partial charge in [0.2, 0.25) is 6.33 Å². The summed E-state index contributed by atoms with van der Waals surface area (Å²) in [5.74, 6) is -0.161. The molecular formula is C29H34N3O5+. The molecule has 0 bridgehead atoms. The van der Waals surface area contributed by atoms with E-state index in [9.17, 15) is 14.7 Å². The first-order chi connectivity index (χ1) is 17.7. The molecule has 2 N–H and O–H groups in total. The highest BCUT2D eigenvalue weighted by Crippen LogP contribution is 2.40. The number of aliphatic hydroxyl groups excluding tert-OH is 1. The first-order valence-corrected chi connectivity index (χ1v) is 12.6. The van der Waals surface area contributed by atoms with Gasteiger partial charge < -0.3 is 19.5 Å². The van der Waals surface area contributed by atoms with Gasteiger partial charge in [-0.15, -0.1) is 0 Å². The van der Waals surface area contributed by atoms with Gasteiger partial charge in [0.1, 0.15) is 29.7 Å². The van der Waals surface area contributed by atoms with E-state index in [0.29, 0.717) is 36.6 Å². The van der Waals surface area contributed by atoms with Crippen molar-refractivity contribution in [1.82, 2.24) is 9.88 Å². The van der Waals surface area contributed by atoms with E-state index < -0.39 is 17.7 Å². The zero-order valence-electron chi connectivity index (χ0n) is 21.7. The van der Waals surface area contributed by atoms with Crippen molar-refractivity contribution >= 4 is 17.4 Å². The number of carbonyl (C=O) groups is 2. The predicted octanol–water partition coefficient (Wildman–Crippen LogP) is 4.39. The smallest absolute Gasteiger partial charge is 0.295 e. The van der Waals surface area contributed by atoms with Crippen LogP contribution < -0.4 is 14.0 Å². The number of ketones is 1. The predicted molar refractivity (Wildman–Crippen MR) is 139 cm³/mol. The average Bonchev–Trinajstić information content (AvgIpc) is 3.46. The summed E-state index contributed by atoms with van der Waals surface area (Å²) in [5, 5.41) is 11.3. The molecular weight excluding hydrogens is 470 g/mol. The molecule has 1 aromatic heterocycles. The zero-order chi connectivity index (χ0) is 26.5. The minimum Gasteiger partial charge on any atom is -0.507 e. The fourth-order valence-electron chi connectivity index (χ4n) is 4.46. The van der Waals surface area contributed by atoms with Crippen molar-refractivity contribution in [3.8, 4) is 11.5 Å². The molecule has 2 heterocycles. The van der Waals surface area contributed by atoms with Crippen molar-refractivity contribution in [2.75, 3.05) is 6.54 Å². The third kappa shape index (κ3) is 6.02. The second-order valence-electron chi connectivity index (χ2n) is 9.62. The Morgan fingerprint density at radius 1 is 0.973 bits per heavy atom.